The molecule has 19 heavy (non-hydrogen) atoms. The van der Waals surface area contributed by atoms with E-state index in [9.17, 15) is 4.79 Å². The first-order valence-corrected chi connectivity index (χ1v) is 6.46. The quantitative estimate of drug-likeness (QED) is 0.859. The number of ether oxygens (including phenoxy) is 1. The van der Waals surface area contributed by atoms with Gasteiger partial charge < -0.3 is 20.1 Å². The molecule has 0 saturated carbocycles. The Morgan fingerprint density at radius 1 is 1.42 bits per heavy atom. The van der Waals surface area contributed by atoms with E-state index < -0.39 is 5.97 Å². The minimum atomic E-state index is -0.764. The third-order valence-corrected chi connectivity index (χ3v) is 3.47. The Hall–Kier alpha value is -1.75. The fourth-order valence-corrected chi connectivity index (χ4v) is 2.61. The van der Waals surface area contributed by atoms with E-state index >= 15 is 0 Å². The van der Waals surface area contributed by atoms with Crippen molar-refractivity contribution >= 4 is 11.7 Å². The highest BCUT2D eigenvalue weighted by molar-refractivity contribution is 5.69. The Bertz CT molecular complexity index is 433. The number of nitrogens with zero attached hydrogens (tertiary/aromatic N) is 1. The fourth-order valence-electron chi connectivity index (χ4n) is 2.61. The molecular formula is C14H20N2O3. The van der Waals surface area contributed by atoms with Crippen LogP contribution in [0.4, 0.5) is 5.69 Å². The molecular weight excluding hydrogens is 244 g/mol. The van der Waals surface area contributed by atoms with Crippen LogP contribution in [0.15, 0.2) is 24.3 Å². The lowest BCUT2D eigenvalue weighted by molar-refractivity contribution is -0.137. The zero-order valence-electron chi connectivity index (χ0n) is 11.3. The van der Waals surface area contributed by atoms with Gasteiger partial charge in [0.1, 0.15) is 5.75 Å². The fraction of sp³-hybridized carbons (Fsp3) is 0.500. The largest absolute Gasteiger partial charge is 0.497 e. The van der Waals surface area contributed by atoms with Gasteiger partial charge in [-0.2, -0.15) is 0 Å². The van der Waals surface area contributed by atoms with Crippen LogP contribution in [0, 0.1) is 0 Å². The molecule has 0 aliphatic carbocycles. The summed E-state index contributed by atoms with van der Waals surface area (Å²) >= 11 is 0. The molecule has 1 aliphatic rings. The number of carboxylic acid groups (broad SMARTS) is 1. The van der Waals surface area contributed by atoms with Gasteiger partial charge in [-0.15, -0.1) is 0 Å². The summed E-state index contributed by atoms with van der Waals surface area (Å²) in [5.74, 6) is 0.0423. The molecule has 2 rings (SSSR count). The summed E-state index contributed by atoms with van der Waals surface area (Å²) in [4.78, 5) is 13.2. The van der Waals surface area contributed by atoms with Gasteiger partial charge in [0.25, 0.3) is 0 Å². The van der Waals surface area contributed by atoms with Crippen molar-refractivity contribution in [1.29, 1.82) is 0 Å². The van der Waals surface area contributed by atoms with Crippen molar-refractivity contribution in [1.82, 2.24) is 5.32 Å². The van der Waals surface area contributed by atoms with Crippen LogP contribution >= 0.6 is 0 Å². The number of nitrogens with one attached hydrogen (secondary N) is 1. The maximum absolute atomic E-state index is 11.0. The predicted molar refractivity (Wildman–Crippen MR) is 73.8 cm³/mol. The van der Waals surface area contributed by atoms with E-state index in [1.54, 1.807) is 7.11 Å². The normalized spacial score (nSPS) is 23.2. The number of carbonyl (C=O) groups is 1. The van der Waals surface area contributed by atoms with E-state index in [1.807, 2.05) is 24.3 Å². The maximum Gasteiger partial charge on any atom is 0.305 e. The highest BCUT2D eigenvalue weighted by atomic mass is 16.5. The van der Waals surface area contributed by atoms with Crippen molar-refractivity contribution in [2.75, 3.05) is 25.1 Å². The zero-order valence-corrected chi connectivity index (χ0v) is 11.3. The predicted octanol–water partition coefficient (Wildman–Crippen LogP) is 1.34. The Labute approximate surface area is 113 Å². The van der Waals surface area contributed by atoms with Crippen LogP contribution in [-0.4, -0.2) is 43.4 Å². The van der Waals surface area contributed by atoms with Crippen LogP contribution in [0.1, 0.15) is 13.3 Å². The number of aliphatic carboxylic acids is 1. The smallest absolute Gasteiger partial charge is 0.305 e. The molecule has 2 unspecified atom stereocenters. The number of piperazine rings is 1. The standard InChI is InChI=1S/C14H20N2O3/c1-10-8-15-9-12(7-14(17)18)16(10)11-3-5-13(19-2)6-4-11/h3-6,10,12,15H,7-9H2,1-2H3,(H,17,18). The topological polar surface area (TPSA) is 61.8 Å². The van der Waals surface area contributed by atoms with E-state index in [1.165, 1.54) is 0 Å². The lowest BCUT2D eigenvalue weighted by Crippen LogP contribution is -2.57. The summed E-state index contributed by atoms with van der Waals surface area (Å²) in [5, 5.41) is 12.3. The number of benzene rings is 1. The number of hydrogen-bond acceptors (Lipinski definition) is 4. The molecule has 1 saturated heterocycles. The zero-order chi connectivity index (χ0) is 13.8. The summed E-state index contributed by atoms with van der Waals surface area (Å²) in [6.45, 7) is 3.66. The molecule has 1 heterocycles. The highest BCUT2D eigenvalue weighted by Gasteiger charge is 2.29. The molecule has 1 fully saturated rings. The molecule has 1 aliphatic heterocycles. The molecule has 1 aromatic rings. The van der Waals surface area contributed by atoms with Crippen LogP contribution in [-0.2, 0) is 4.79 Å². The van der Waals surface area contributed by atoms with Gasteiger partial charge in [0.2, 0.25) is 0 Å². The van der Waals surface area contributed by atoms with Gasteiger partial charge in [0, 0.05) is 24.8 Å². The van der Waals surface area contributed by atoms with E-state index in [0.29, 0.717) is 6.54 Å². The van der Waals surface area contributed by atoms with Crippen molar-refractivity contribution in [3.8, 4) is 5.75 Å². The SMILES string of the molecule is COc1ccc(N2C(C)CNCC2CC(=O)O)cc1. The molecule has 5 nitrogen and oxygen atoms in total. The minimum absolute atomic E-state index is 0.0188. The van der Waals surface area contributed by atoms with Crippen molar-refractivity contribution < 1.29 is 14.6 Å². The van der Waals surface area contributed by atoms with Crippen LogP contribution in [0.5, 0.6) is 5.75 Å². The molecule has 2 atom stereocenters. The number of anilines is 1. The van der Waals surface area contributed by atoms with Crippen LogP contribution in [0.25, 0.3) is 0 Å². The molecule has 0 amide bonds. The number of carboxylic acids is 1. The van der Waals surface area contributed by atoms with Crippen molar-refractivity contribution in [3.63, 3.8) is 0 Å². The van der Waals surface area contributed by atoms with Crippen LogP contribution in [0.2, 0.25) is 0 Å². The minimum Gasteiger partial charge on any atom is -0.497 e. The van der Waals surface area contributed by atoms with Crippen LogP contribution < -0.4 is 15.0 Å². The molecule has 0 aromatic heterocycles. The Morgan fingerprint density at radius 3 is 2.68 bits per heavy atom. The lowest BCUT2D eigenvalue weighted by Gasteiger charge is -2.42. The summed E-state index contributed by atoms with van der Waals surface area (Å²) in [7, 11) is 1.63. The number of hydrogen-bond donors (Lipinski definition) is 2. The monoisotopic (exact) mass is 264 g/mol. The van der Waals surface area contributed by atoms with E-state index in [4.69, 9.17) is 9.84 Å². The van der Waals surface area contributed by atoms with E-state index in [0.717, 1.165) is 18.0 Å². The highest BCUT2D eigenvalue weighted by Crippen LogP contribution is 2.25. The maximum atomic E-state index is 11.0. The molecule has 2 N–H and O–H groups in total. The summed E-state index contributed by atoms with van der Waals surface area (Å²) in [5.41, 5.74) is 1.04. The summed E-state index contributed by atoms with van der Waals surface area (Å²) in [6.07, 6.45) is 0.142. The molecule has 0 bridgehead atoms. The Balaban J connectivity index is 2.22. The summed E-state index contributed by atoms with van der Waals surface area (Å²) < 4.78 is 5.15. The molecule has 5 heteroatoms. The number of rotatable bonds is 4. The molecule has 104 valence electrons. The average molecular weight is 264 g/mol. The van der Waals surface area contributed by atoms with Crippen molar-refractivity contribution in [2.24, 2.45) is 0 Å². The second-order valence-electron chi connectivity index (χ2n) is 4.86. The third kappa shape index (κ3) is 3.17. The second kappa shape index (κ2) is 5.93. The Kier molecular flexibility index (Phi) is 4.27. The van der Waals surface area contributed by atoms with Gasteiger partial charge in [-0.05, 0) is 31.2 Å². The first-order chi connectivity index (χ1) is 9.11. The Morgan fingerprint density at radius 2 is 2.11 bits per heavy atom. The summed E-state index contributed by atoms with van der Waals surface area (Å²) in [6, 6.07) is 8.02. The van der Waals surface area contributed by atoms with Gasteiger partial charge in [0.05, 0.1) is 19.6 Å². The van der Waals surface area contributed by atoms with Gasteiger partial charge in [-0.25, -0.2) is 0 Å². The van der Waals surface area contributed by atoms with Crippen molar-refractivity contribution in [2.45, 2.75) is 25.4 Å². The third-order valence-electron chi connectivity index (χ3n) is 3.47. The number of methoxy groups -OCH3 is 1. The van der Waals surface area contributed by atoms with Gasteiger partial charge >= 0.3 is 5.97 Å². The van der Waals surface area contributed by atoms with Gasteiger partial charge in [0.15, 0.2) is 0 Å². The molecule has 0 radical (unpaired) electrons. The second-order valence-corrected chi connectivity index (χ2v) is 4.86. The van der Waals surface area contributed by atoms with Gasteiger partial charge in [-0.3, -0.25) is 4.79 Å². The first kappa shape index (κ1) is 13.7. The molecule has 0 spiro atoms. The van der Waals surface area contributed by atoms with E-state index in [-0.39, 0.29) is 18.5 Å². The molecule has 1 aromatic carbocycles. The van der Waals surface area contributed by atoms with Gasteiger partial charge in [-0.1, -0.05) is 0 Å². The first-order valence-electron chi connectivity index (χ1n) is 6.46. The van der Waals surface area contributed by atoms with Crippen molar-refractivity contribution in [3.05, 3.63) is 24.3 Å². The van der Waals surface area contributed by atoms with Crippen LogP contribution in [0.3, 0.4) is 0 Å². The van der Waals surface area contributed by atoms with E-state index in [2.05, 4.69) is 17.1 Å². The average Bonchev–Trinajstić information content (AvgIpc) is 2.38. The lowest BCUT2D eigenvalue weighted by atomic mass is 10.0.